The van der Waals surface area contributed by atoms with E-state index in [1.807, 2.05) is 0 Å². The van der Waals surface area contributed by atoms with E-state index in [0.29, 0.717) is 22.0 Å². The van der Waals surface area contributed by atoms with Crippen molar-refractivity contribution in [3.63, 3.8) is 0 Å². The van der Waals surface area contributed by atoms with Gasteiger partial charge < -0.3 is 10.4 Å². The lowest BCUT2D eigenvalue weighted by Crippen LogP contribution is -2.48. The third-order valence-corrected chi connectivity index (χ3v) is 5.01. The van der Waals surface area contributed by atoms with E-state index in [2.05, 4.69) is 10.4 Å². The summed E-state index contributed by atoms with van der Waals surface area (Å²) in [6.45, 7) is 0. The first-order chi connectivity index (χ1) is 13.4. The van der Waals surface area contributed by atoms with Crippen LogP contribution in [0.15, 0.2) is 65.8 Å². The molecular formula is C20H14ClN3O4. The van der Waals surface area contributed by atoms with E-state index in [9.17, 15) is 14.4 Å². The van der Waals surface area contributed by atoms with Gasteiger partial charge in [-0.1, -0.05) is 41.9 Å². The normalized spacial score (nSPS) is 20.4. The van der Waals surface area contributed by atoms with Crippen LogP contribution in [-0.4, -0.2) is 33.6 Å². The Kier molecular flexibility index (Phi) is 4.24. The highest BCUT2D eigenvalue weighted by molar-refractivity contribution is 6.30. The fraction of sp³-hybridized carbons (Fsp3) is 0.100. The molecule has 2 heterocycles. The number of amides is 2. The van der Waals surface area contributed by atoms with Crippen molar-refractivity contribution in [2.75, 3.05) is 5.32 Å². The molecule has 2 N–H and O–H groups in total. The Labute approximate surface area is 164 Å². The fourth-order valence-electron chi connectivity index (χ4n) is 3.50. The van der Waals surface area contributed by atoms with E-state index in [4.69, 9.17) is 16.7 Å². The molecule has 2 aliphatic heterocycles. The summed E-state index contributed by atoms with van der Waals surface area (Å²) in [6.07, 6.45) is 1.78. The molecule has 2 aromatic carbocycles. The Balaban J connectivity index is 1.84. The first-order valence-electron chi connectivity index (χ1n) is 8.41. The van der Waals surface area contributed by atoms with Gasteiger partial charge in [-0.3, -0.25) is 9.59 Å². The van der Waals surface area contributed by atoms with Gasteiger partial charge in [0.15, 0.2) is 5.54 Å². The van der Waals surface area contributed by atoms with Gasteiger partial charge in [-0.05, 0) is 23.8 Å². The molecule has 8 heteroatoms. The number of hydrogen-bond donors (Lipinski definition) is 2. The number of carboxylic acid groups (broad SMARTS) is 1. The molecule has 0 saturated heterocycles. The molecule has 0 aromatic heterocycles. The smallest absolute Gasteiger partial charge is 0.328 e. The topological polar surface area (TPSA) is 99.1 Å². The van der Waals surface area contributed by atoms with Gasteiger partial charge in [-0.25, -0.2) is 9.80 Å². The molecular weight excluding hydrogens is 382 g/mol. The minimum absolute atomic E-state index is 0.157. The second-order valence-corrected chi connectivity index (χ2v) is 6.85. The van der Waals surface area contributed by atoms with Gasteiger partial charge in [0.25, 0.3) is 11.8 Å². The van der Waals surface area contributed by atoms with Crippen molar-refractivity contribution in [1.82, 2.24) is 5.01 Å². The minimum atomic E-state index is -1.37. The van der Waals surface area contributed by atoms with Gasteiger partial charge in [0.05, 0.1) is 5.71 Å². The number of aliphatic carboxylic acids is 1. The largest absolute Gasteiger partial charge is 0.478 e. The maximum Gasteiger partial charge on any atom is 0.328 e. The van der Waals surface area contributed by atoms with Gasteiger partial charge in [0.1, 0.15) is 0 Å². The van der Waals surface area contributed by atoms with E-state index in [1.165, 1.54) is 0 Å². The molecule has 140 valence electrons. The number of nitrogens with one attached hydrogen (secondary N) is 1. The second kappa shape index (κ2) is 6.61. The number of nitrogens with zero attached hydrogens (tertiary/aromatic N) is 2. The number of fused-ring (bicyclic) bond motifs is 2. The van der Waals surface area contributed by atoms with Crippen molar-refractivity contribution in [3.05, 3.63) is 76.8 Å². The monoisotopic (exact) mass is 395 g/mol. The summed E-state index contributed by atoms with van der Waals surface area (Å²) in [4.78, 5) is 36.6. The van der Waals surface area contributed by atoms with Crippen LogP contribution in [0.5, 0.6) is 0 Å². The fourth-order valence-corrected chi connectivity index (χ4v) is 3.62. The lowest BCUT2D eigenvalue weighted by atomic mass is 9.85. The summed E-state index contributed by atoms with van der Waals surface area (Å²) in [5.41, 5.74) is 1.09. The van der Waals surface area contributed by atoms with Gasteiger partial charge in [-0.2, -0.15) is 5.10 Å². The number of anilines is 1. The molecule has 2 aromatic rings. The highest BCUT2D eigenvalue weighted by Crippen LogP contribution is 2.47. The van der Waals surface area contributed by atoms with Gasteiger partial charge >= 0.3 is 5.97 Å². The summed E-state index contributed by atoms with van der Waals surface area (Å²) in [7, 11) is 0. The van der Waals surface area contributed by atoms with Gasteiger partial charge in [0.2, 0.25) is 0 Å². The molecule has 28 heavy (non-hydrogen) atoms. The van der Waals surface area contributed by atoms with Crippen molar-refractivity contribution in [2.24, 2.45) is 5.10 Å². The van der Waals surface area contributed by atoms with Crippen LogP contribution in [0.1, 0.15) is 17.5 Å². The Bertz CT molecular complexity index is 1060. The van der Waals surface area contributed by atoms with Crippen molar-refractivity contribution in [2.45, 2.75) is 12.0 Å². The van der Waals surface area contributed by atoms with E-state index in [-0.39, 0.29) is 6.42 Å². The lowest BCUT2D eigenvalue weighted by molar-refractivity contribution is -0.140. The van der Waals surface area contributed by atoms with Crippen LogP contribution in [-0.2, 0) is 19.9 Å². The molecule has 0 fully saturated rings. The molecule has 4 rings (SSSR count). The number of hydrazone groups is 1. The number of carbonyl (C=O) groups is 3. The first-order valence-corrected chi connectivity index (χ1v) is 8.79. The Morgan fingerprint density at radius 3 is 2.57 bits per heavy atom. The summed E-state index contributed by atoms with van der Waals surface area (Å²) in [5, 5.41) is 17.7. The summed E-state index contributed by atoms with van der Waals surface area (Å²) in [6, 6.07) is 14.0. The lowest BCUT2D eigenvalue weighted by Gasteiger charge is -2.29. The molecule has 1 atom stereocenters. The highest BCUT2D eigenvalue weighted by Gasteiger charge is 2.57. The molecule has 0 radical (unpaired) electrons. The number of benzene rings is 2. The predicted molar refractivity (Wildman–Crippen MR) is 103 cm³/mol. The number of carbonyl (C=O) groups excluding carboxylic acids is 2. The van der Waals surface area contributed by atoms with Crippen molar-refractivity contribution in [1.29, 1.82) is 0 Å². The van der Waals surface area contributed by atoms with Crippen LogP contribution < -0.4 is 5.32 Å². The molecule has 1 spiro atoms. The van der Waals surface area contributed by atoms with Crippen LogP contribution in [0.4, 0.5) is 5.69 Å². The number of halogens is 1. The van der Waals surface area contributed by atoms with E-state index in [0.717, 1.165) is 22.7 Å². The Morgan fingerprint density at radius 1 is 1.14 bits per heavy atom. The summed E-state index contributed by atoms with van der Waals surface area (Å²) < 4.78 is 0. The Morgan fingerprint density at radius 2 is 1.86 bits per heavy atom. The van der Waals surface area contributed by atoms with Crippen LogP contribution >= 0.6 is 11.6 Å². The van der Waals surface area contributed by atoms with Gasteiger partial charge in [-0.15, -0.1) is 0 Å². The zero-order chi connectivity index (χ0) is 19.9. The second-order valence-electron chi connectivity index (χ2n) is 6.41. The average molecular weight is 396 g/mol. The summed E-state index contributed by atoms with van der Waals surface area (Å²) in [5.74, 6) is -2.35. The molecule has 0 unspecified atom stereocenters. The molecule has 7 nitrogen and oxygen atoms in total. The van der Waals surface area contributed by atoms with Crippen LogP contribution in [0.3, 0.4) is 0 Å². The van der Waals surface area contributed by atoms with Crippen LogP contribution in [0.25, 0.3) is 0 Å². The molecule has 2 aliphatic rings. The standard InChI is InChI=1S/C20H14ClN3O4/c21-13-7-5-12(6-8-13)16-11-20(24(23-16)17(25)9-10-18(26)27)14-3-1-2-4-15(14)22-19(20)28/h1-10H,11H2,(H,22,28)(H,26,27)/b10-9+/t20-/m1/s1. The molecule has 0 aliphatic carbocycles. The van der Waals surface area contributed by atoms with Crippen LogP contribution in [0.2, 0.25) is 5.02 Å². The van der Waals surface area contributed by atoms with Crippen molar-refractivity contribution >= 4 is 40.8 Å². The molecule has 0 saturated carbocycles. The number of rotatable bonds is 3. The maximum atomic E-state index is 13.0. The third-order valence-electron chi connectivity index (χ3n) is 4.76. The van der Waals surface area contributed by atoms with Crippen molar-refractivity contribution < 1.29 is 19.5 Å². The van der Waals surface area contributed by atoms with Crippen LogP contribution in [0, 0.1) is 0 Å². The average Bonchev–Trinajstić information content (AvgIpc) is 3.21. The number of para-hydroxylation sites is 1. The quantitative estimate of drug-likeness (QED) is 0.780. The highest BCUT2D eigenvalue weighted by atomic mass is 35.5. The first kappa shape index (κ1) is 17.9. The molecule has 2 amide bonds. The third kappa shape index (κ3) is 2.76. The zero-order valence-electron chi connectivity index (χ0n) is 14.4. The number of carboxylic acids is 1. The Hall–Kier alpha value is -3.45. The number of hydrogen-bond acceptors (Lipinski definition) is 4. The van der Waals surface area contributed by atoms with E-state index < -0.39 is 23.3 Å². The SMILES string of the molecule is O=C(O)/C=C/C(=O)N1N=C(c2ccc(Cl)cc2)C[C@@]12C(=O)Nc1ccccc12. The van der Waals surface area contributed by atoms with Gasteiger partial charge in [0, 0.05) is 34.8 Å². The predicted octanol–water partition coefficient (Wildman–Crippen LogP) is 2.76. The zero-order valence-corrected chi connectivity index (χ0v) is 15.2. The minimum Gasteiger partial charge on any atom is -0.478 e. The van der Waals surface area contributed by atoms with E-state index >= 15 is 0 Å². The van der Waals surface area contributed by atoms with Crippen molar-refractivity contribution in [3.8, 4) is 0 Å². The summed E-state index contributed by atoms with van der Waals surface area (Å²) >= 11 is 5.95. The molecule has 0 bridgehead atoms. The maximum absolute atomic E-state index is 13.0. The van der Waals surface area contributed by atoms with E-state index in [1.54, 1.807) is 48.5 Å².